The second-order valence-corrected chi connectivity index (χ2v) is 5.97. The molecular weight excluding hydrogens is 206 g/mol. The van der Waals surface area contributed by atoms with E-state index in [1.807, 2.05) is 0 Å². The maximum Gasteiger partial charge on any atom is 0.0221 e. The minimum atomic E-state index is 0.809. The van der Waals surface area contributed by atoms with Gasteiger partial charge >= 0.3 is 0 Å². The normalized spacial score (nSPS) is 24.9. The van der Waals surface area contributed by atoms with Gasteiger partial charge in [-0.2, -0.15) is 0 Å². The number of hydrogen-bond acceptors (Lipinski definition) is 1. The van der Waals surface area contributed by atoms with E-state index in [0.717, 1.165) is 18.0 Å². The van der Waals surface area contributed by atoms with Crippen LogP contribution in [0.2, 0.25) is 0 Å². The summed E-state index contributed by atoms with van der Waals surface area (Å²) >= 11 is 0. The Labute approximate surface area is 109 Å². The van der Waals surface area contributed by atoms with Crippen LogP contribution in [0, 0.1) is 5.92 Å². The van der Waals surface area contributed by atoms with E-state index in [1.165, 1.54) is 64.2 Å². The summed E-state index contributed by atoms with van der Waals surface area (Å²) in [6.07, 6.45) is 14.4. The summed E-state index contributed by atoms with van der Waals surface area (Å²) < 4.78 is 0. The summed E-state index contributed by atoms with van der Waals surface area (Å²) in [6.45, 7) is 6.96. The average Bonchev–Trinajstić information content (AvgIpc) is 3.03. The van der Waals surface area contributed by atoms with Gasteiger partial charge in [-0.15, -0.1) is 0 Å². The summed E-state index contributed by atoms with van der Waals surface area (Å²) in [4.78, 5) is 0. The van der Waals surface area contributed by atoms with Crippen LogP contribution in [0.4, 0.5) is 0 Å². The molecule has 0 aromatic heterocycles. The van der Waals surface area contributed by atoms with Crippen LogP contribution >= 0.6 is 0 Å². The minimum Gasteiger partial charge on any atom is -0.308 e. The first-order valence-electron chi connectivity index (χ1n) is 8.04. The highest BCUT2D eigenvalue weighted by molar-refractivity contribution is 4.93. The molecule has 1 saturated heterocycles. The highest BCUT2D eigenvalue weighted by atomic mass is 15.1. The molecule has 1 nitrogen and oxygen atoms in total. The second-order valence-electron chi connectivity index (χ2n) is 5.97. The zero-order valence-electron chi connectivity index (χ0n) is 12.3. The van der Waals surface area contributed by atoms with Crippen molar-refractivity contribution in [2.75, 3.05) is 0 Å². The summed E-state index contributed by atoms with van der Waals surface area (Å²) in [5, 5.41) is 3.49. The maximum atomic E-state index is 3.49. The molecule has 0 bridgehead atoms. The summed E-state index contributed by atoms with van der Waals surface area (Å²) in [7, 11) is 0. The largest absolute Gasteiger partial charge is 0.308 e. The van der Waals surface area contributed by atoms with E-state index in [9.17, 15) is 0 Å². The third-order valence-corrected chi connectivity index (χ3v) is 4.39. The van der Waals surface area contributed by atoms with Crippen molar-refractivity contribution in [2.45, 2.75) is 97.1 Å². The predicted molar refractivity (Wildman–Crippen MR) is 77.4 cm³/mol. The number of nitrogens with one attached hydrogen (secondary N) is 1. The van der Waals surface area contributed by atoms with Gasteiger partial charge in [-0.1, -0.05) is 71.6 Å². The van der Waals surface area contributed by atoms with Crippen molar-refractivity contribution in [3.63, 3.8) is 0 Å². The van der Waals surface area contributed by atoms with Crippen molar-refractivity contribution in [3.8, 4) is 0 Å². The van der Waals surface area contributed by atoms with Crippen LogP contribution in [0.3, 0.4) is 0 Å². The maximum absolute atomic E-state index is 3.49. The molecule has 0 aromatic carbocycles. The van der Waals surface area contributed by atoms with Crippen molar-refractivity contribution < 1.29 is 0 Å². The molecule has 1 heterocycles. The molecule has 0 aromatic rings. The van der Waals surface area contributed by atoms with Crippen LogP contribution in [0.25, 0.3) is 0 Å². The van der Waals surface area contributed by atoms with Gasteiger partial charge in [0.25, 0.3) is 0 Å². The molecule has 102 valence electrons. The van der Waals surface area contributed by atoms with Crippen LogP contribution in [-0.2, 0) is 0 Å². The fraction of sp³-hybridized carbons (Fsp3) is 1.00. The van der Waals surface area contributed by atoms with Crippen LogP contribution in [-0.4, -0.2) is 12.1 Å². The van der Waals surface area contributed by atoms with Gasteiger partial charge < -0.3 is 5.32 Å². The lowest BCUT2D eigenvalue weighted by molar-refractivity contribution is 0.396. The van der Waals surface area contributed by atoms with Crippen molar-refractivity contribution in [3.05, 3.63) is 0 Å². The van der Waals surface area contributed by atoms with Gasteiger partial charge in [0.05, 0.1) is 0 Å². The number of rotatable bonds is 11. The Morgan fingerprint density at radius 1 is 0.941 bits per heavy atom. The Hall–Kier alpha value is -0.0400. The van der Waals surface area contributed by atoms with Crippen molar-refractivity contribution in [1.29, 1.82) is 0 Å². The van der Waals surface area contributed by atoms with E-state index in [-0.39, 0.29) is 0 Å². The van der Waals surface area contributed by atoms with Gasteiger partial charge in [0, 0.05) is 12.1 Å². The Morgan fingerprint density at radius 2 is 1.59 bits per heavy atom. The second kappa shape index (κ2) is 8.97. The van der Waals surface area contributed by atoms with Gasteiger partial charge in [-0.3, -0.25) is 0 Å². The third kappa shape index (κ3) is 7.08. The number of unbranched alkanes of at least 4 members (excludes halogenated alkanes) is 4. The Balaban J connectivity index is 1.91. The van der Waals surface area contributed by atoms with E-state index < -0.39 is 0 Å². The van der Waals surface area contributed by atoms with Crippen LogP contribution in [0.5, 0.6) is 0 Å². The molecule has 0 aliphatic carbocycles. The monoisotopic (exact) mass is 239 g/mol. The first-order valence-corrected chi connectivity index (χ1v) is 8.04. The first kappa shape index (κ1) is 15.0. The van der Waals surface area contributed by atoms with Gasteiger partial charge in [-0.05, 0) is 19.3 Å². The third-order valence-electron chi connectivity index (χ3n) is 4.39. The van der Waals surface area contributed by atoms with Gasteiger partial charge in [0.15, 0.2) is 0 Å². The highest BCUT2D eigenvalue weighted by Gasteiger charge is 2.30. The SMILES string of the molecule is CCCCCCCC(CC)CCCC1NC1C. The predicted octanol–water partition coefficient (Wildman–Crippen LogP) is 4.90. The zero-order chi connectivity index (χ0) is 12.5. The topological polar surface area (TPSA) is 21.9 Å². The lowest BCUT2D eigenvalue weighted by atomic mass is 9.92. The molecule has 0 saturated carbocycles. The lowest BCUT2D eigenvalue weighted by Gasteiger charge is -2.14. The van der Waals surface area contributed by atoms with E-state index in [4.69, 9.17) is 0 Å². The fourth-order valence-corrected chi connectivity index (χ4v) is 2.83. The van der Waals surface area contributed by atoms with Gasteiger partial charge in [0.2, 0.25) is 0 Å². The molecule has 1 heteroatoms. The van der Waals surface area contributed by atoms with E-state index in [0.29, 0.717) is 0 Å². The van der Waals surface area contributed by atoms with Gasteiger partial charge in [-0.25, -0.2) is 0 Å². The van der Waals surface area contributed by atoms with Gasteiger partial charge in [0.1, 0.15) is 0 Å². The molecule has 0 amide bonds. The van der Waals surface area contributed by atoms with Crippen LogP contribution in [0.1, 0.15) is 85.0 Å². The Bertz CT molecular complexity index is 178. The molecule has 1 aliphatic rings. The van der Waals surface area contributed by atoms with Crippen LogP contribution in [0.15, 0.2) is 0 Å². The highest BCUT2D eigenvalue weighted by Crippen LogP contribution is 2.23. The van der Waals surface area contributed by atoms with Crippen LogP contribution < -0.4 is 5.32 Å². The Morgan fingerprint density at radius 3 is 2.18 bits per heavy atom. The van der Waals surface area contributed by atoms with E-state index in [1.54, 1.807) is 0 Å². The van der Waals surface area contributed by atoms with Crippen molar-refractivity contribution in [2.24, 2.45) is 5.92 Å². The Kier molecular flexibility index (Phi) is 7.92. The molecule has 1 aliphatic heterocycles. The molecule has 1 fully saturated rings. The number of hydrogen-bond donors (Lipinski definition) is 1. The van der Waals surface area contributed by atoms with Crippen molar-refractivity contribution in [1.82, 2.24) is 5.32 Å². The zero-order valence-corrected chi connectivity index (χ0v) is 12.3. The van der Waals surface area contributed by atoms with E-state index >= 15 is 0 Å². The molecule has 3 atom stereocenters. The summed E-state index contributed by atoms with van der Waals surface area (Å²) in [5.41, 5.74) is 0. The molecule has 17 heavy (non-hydrogen) atoms. The molecule has 0 spiro atoms. The quantitative estimate of drug-likeness (QED) is 0.402. The molecule has 1 rings (SSSR count). The van der Waals surface area contributed by atoms with E-state index in [2.05, 4.69) is 26.1 Å². The smallest absolute Gasteiger partial charge is 0.0221 e. The summed E-state index contributed by atoms with van der Waals surface area (Å²) in [6, 6.07) is 1.67. The molecule has 0 radical (unpaired) electrons. The molecule has 1 N–H and O–H groups in total. The first-order chi connectivity index (χ1) is 8.27. The average molecular weight is 239 g/mol. The van der Waals surface area contributed by atoms with Crippen molar-refractivity contribution >= 4 is 0 Å². The minimum absolute atomic E-state index is 0.809. The lowest BCUT2D eigenvalue weighted by Crippen LogP contribution is -2.01. The fourth-order valence-electron chi connectivity index (χ4n) is 2.83. The summed E-state index contributed by atoms with van der Waals surface area (Å²) in [5.74, 6) is 1.01. The standard InChI is InChI=1S/C16H33N/c1-4-6-7-8-9-11-15(5-2)12-10-13-16-14(3)17-16/h14-17H,4-13H2,1-3H3. The molecule has 3 unspecified atom stereocenters. The molecular formula is C16H33N.